The van der Waals surface area contributed by atoms with Crippen LogP contribution in [0.5, 0.6) is 11.5 Å². The number of phenols is 1. The molecule has 0 bridgehead atoms. The summed E-state index contributed by atoms with van der Waals surface area (Å²) in [6.07, 6.45) is 3.07. The number of benzene rings is 3. The Balaban J connectivity index is 1.89. The summed E-state index contributed by atoms with van der Waals surface area (Å²) >= 11 is 6.05. The van der Waals surface area contributed by atoms with Crippen LogP contribution in [-0.4, -0.2) is 11.7 Å². The highest BCUT2D eigenvalue weighted by molar-refractivity contribution is 6.30. The van der Waals surface area contributed by atoms with E-state index in [1.165, 1.54) is 22.3 Å². The van der Waals surface area contributed by atoms with E-state index in [0.29, 0.717) is 6.61 Å². The first-order valence-corrected chi connectivity index (χ1v) is 9.88. The van der Waals surface area contributed by atoms with Gasteiger partial charge in [0.15, 0.2) is 0 Å². The van der Waals surface area contributed by atoms with Gasteiger partial charge in [-0.1, -0.05) is 53.6 Å². The SMILES string of the molecule is Cc1cc2c(cc1C)C(c1ccc(O)cc1)/C(=C/c1ccc(Cl)cc1)CCO2. The highest BCUT2D eigenvalue weighted by Crippen LogP contribution is 2.43. The first kappa shape index (κ1) is 18.6. The van der Waals surface area contributed by atoms with Crippen LogP contribution in [0.25, 0.3) is 6.08 Å². The highest BCUT2D eigenvalue weighted by Gasteiger charge is 2.26. The molecule has 3 heteroatoms. The van der Waals surface area contributed by atoms with Gasteiger partial charge in [0.1, 0.15) is 11.5 Å². The fourth-order valence-electron chi connectivity index (χ4n) is 3.77. The molecule has 1 aliphatic rings. The zero-order valence-electron chi connectivity index (χ0n) is 16.1. The molecule has 1 atom stereocenters. The lowest BCUT2D eigenvalue weighted by Gasteiger charge is -2.22. The van der Waals surface area contributed by atoms with Gasteiger partial charge in [-0.15, -0.1) is 0 Å². The van der Waals surface area contributed by atoms with Crippen molar-refractivity contribution in [3.63, 3.8) is 0 Å². The zero-order chi connectivity index (χ0) is 19.7. The maximum Gasteiger partial charge on any atom is 0.123 e. The third-order valence-electron chi connectivity index (χ3n) is 5.40. The van der Waals surface area contributed by atoms with Crippen LogP contribution in [0.2, 0.25) is 5.02 Å². The van der Waals surface area contributed by atoms with Crippen LogP contribution in [0.4, 0.5) is 0 Å². The second-order valence-corrected chi connectivity index (χ2v) is 7.80. The topological polar surface area (TPSA) is 29.5 Å². The number of hydrogen-bond donors (Lipinski definition) is 1. The lowest BCUT2D eigenvalue weighted by molar-refractivity contribution is 0.326. The molecule has 1 aliphatic heterocycles. The minimum Gasteiger partial charge on any atom is -0.508 e. The summed E-state index contributed by atoms with van der Waals surface area (Å²) in [6, 6.07) is 19.8. The molecule has 3 aromatic rings. The van der Waals surface area contributed by atoms with Crippen LogP contribution in [0, 0.1) is 13.8 Å². The van der Waals surface area contributed by atoms with Gasteiger partial charge in [0.2, 0.25) is 0 Å². The number of hydrogen-bond acceptors (Lipinski definition) is 2. The van der Waals surface area contributed by atoms with E-state index in [9.17, 15) is 5.11 Å². The minimum atomic E-state index is 0.0769. The van der Waals surface area contributed by atoms with E-state index in [-0.39, 0.29) is 11.7 Å². The number of ether oxygens (including phenoxy) is 1. The van der Waals surface area contributed by atoms with Gasteiger partial charge in [-0.3, -0.25) is 0 Å². The number of rotatable bonds is 2. The zero-order valence-corrected chi connectivity index (χ0v) is 16.8. The predicted octanol–water partition coefficient (Wildman–Crippen LogP) is 6.66. The fourth-order valence-corrected chi connectivity index (χ4v) is 3.90. The Hall–Kier alpha value is -2.71. The maximum absolute atomic E-state index is 9.76. The van der Waals surface area contributed by atoms with E-state index in [0.717, 1.165) is 28.3 Å². The summed E-state index contributed by atoms with van der Waals surface area (Å²) in [5.41, 5.74) is 7.21. The van der Waals surface area contributed by atoms with Gasteiger partial charge in [0.05, 0.1) is 6.61 Å². The van der Waals surface area contributed by atoms with Gasteiger partial charge in [0.25, 0.3) is 0 Å². The highest BCUT2D eigenvalue weighted by atomic mass is 35.5. The van der Waals surface area contributed by atoms with Crippen molar-refractivity contribution in [2.75, 3.05) is 6.61 Å². The second kappa shape index (κ2) is 7.73. The van der Waals surface area contributed by atoms with Crippen molar-refractivity contribution in [3.8, 4) is 11.5 Å². The van der Waals surface area contributed by atoms with Crippen LogP contribution in [0.3, 0.4) is 0 Å². The minimum absolute atomic E-state index is 0.0769. The molecule has 0 fully saturated rings. The molecule has 0 spiro atoms. The molecule has 2 nitrogen and oxygen atoms in total. The van der Waals surface area contributed by atoms with Crippen molar-refractivity contribution < 1.29 is 9.84 Å². The van der Waals surface area contributed by atoms with Gasteiger partial charge in [0, 0.05) is 22.9 Å². The smallest absolute Gasteiger partial charge is 0.123 e. The molecule has 0 radical (unpaired) electrons. The Morgan fingerprint density at radius 2 is 1.64 bits per heavy atom. The molecule has 142 valence electrons. The summed E-state index contributed by atoms with van der Waals surface area (Å²) in [6.45, 7) is 4.89. The predicted molar refractivity (Wildman–Crippen MR) is 115 cm³/mol. The first-order chi connectivity index (χ1) is 13.5. The summed E-state index contributed by atoms with van der Waals surface area (Å²) in [4.78, 5) is 0. The average molecular weight is 391 g/mol. The quantitative estimate of drug-likeness (QED) is 0.530. The van der Waals surface area contributed by atoms with Crippen LogP contribution >= 0.6 is 11.6 Å². The maximum atomic E-state index is 9.76. The van der Waals surface area contributed by atoms with Crippen LogP contribution in [0.15, 0.2) is 66.2 Å². The number of aryl methyl sites for hydroxylation is 2. The standard InChI is InChI=1S/C25H23ClO2/c1-16-13-23-24(14-17(16)2)28-12-11-20(15-18-3-7-21(26)8-4-18)25(23)19-5-9-22(27)10-6-19/h3-10,13-15,25,27H,11-12H2,1-2H3/b20-15+. The molecule has 0 aromatic heterocycles. The van der Waals surface area contributed by atoms with Crippen molar-refractivity contribution in [2.45, 2.75) is 26.2 Å². The third kappa shape index (κ3) is 3.79. The molecule has 4 rings (SSSR count). The Morgan fingerprint density at radius 3 is 2.36 bits per heavy atom. The summed E-state index contributed by atoms with van der Waals surface area (Å²) < 4.78 is 6.14. The number of halogens is 1. The normalized spacial score (nSPS) is 17.7. The van der Waals surface area contributed by atoms with Gasteiger partial charge in [-0.2, -0.15) is 0 Å². The third-order valence-corrected chi connectivity index (χ3v) is 5.66. The van der Waals surface area contributed by atoms with Gasteiger partial charge in [-0.05, 0) is 66.4 Å². The molecule has 0 saturated heterocycles. The van der Waals surface area contributed by atoms with E-state index in [2.05, 4.69) is 32.1 Å². The van der Waals surface area contributed by atoms with Gasteiger partial charge in [-0.25, -0.2) is 0 Å². The Morgan fingerprint density at radius 1 is 0.964 bits per heavy atom. The lowest BCUT2D eigenvalue weighted by atomic mass is 9.81. The number of aromatic hydroxyl groups is 1. The summed E-state index contributed by atoms with van der Waals surface area (Å²) in [7, 11) is 0. The lowest BCUT2D eigenvalue weighted by Crippen LogP contribution is -2.05. The van der Waals surface area contributed by atoms with Crippen molar-refractivity contribution in [1.82, 2.24) is 0 Å². The van der Waals surface area contributed by atoms with Gasteiger partial charge < -0.3 is 9.84 Å². The van der Waals surface area contributed by atoms with E-state index < -0.39 is 0 Å². The summed E-state index contributed by atoms with van der Waals surface area (Å²) in [5, 5.41) is 10.5. The molecule has 1 N–H and O–H groups in total. The van der Waals surface area contributed by atoms with Crippen LogP contribution < -0.4 is 4.74 Å². The largest absolute Gasteiger partial charge is 0.508 e. The number of fused-ring (bicyclic) bond motifs is 1. The van der Waals surface area contributed by atoms with E-state index in [4.69, 9.17) is 16.3 Å². The molecule has 0 saturated carbocycles. The molecule has 0 aliphatic carbocycles. The molecule has 1 unspecified atom stereocenters. The average Bonchev–Trinajstić information content (AvgIpc) is 2.84. The van der Waals surface area contributed by atoms with E-state index >= 15 is 0 Å². The molecule has 3 aromatic carbocycles. The molecular formula is C25H23ClO2. The van der Waals surface area contributed by atoms with Crippen molar-refractivity contribution in [2.24, 2.45) is 0 Å². The number of phenolic OH excluding ortho intramolecular Hbond substituents is 1. The molecule has 28 heavy (non-hydrogen) atoms. The van der Waals surface area contributed by atoms with Crippen LogP contribution in [-0.2, 0) is 0 Å². The Kier molecular flexibility index (Phi) is 5.15. The van der Waals surface area contributed by atoms with Crippen molar-refractivity contribution >= 4 is 17.7 Å². The first-order valence-electron chi connectivity index (χ1n) is 9.50. The Labute approximate surface area is 171 Å². The Bertz CT molecular complexity index is 1020. The van der Waals surface area contributed by atoms with Gasteiger partial charge >= 0.3 is 0 Å². The van der Waals surface area contributed by atoms with E-state index in [1.807, 2.05) is 36.4 Å². The van der Waals surface area contributed by atoms with Crippen molar-refractivity contribution in [3.05, 3.63) is 99.1 Å². The molecule has 1 heterocycles. The fraction of sp³-hybridized carbons (Fsp3) is 0.200. The molecule has 0 amide bonds. The second-order valence-electron chi connectivity index (χ2n) is 7.37. The van der Waals surface area contributed by atoms with E-state index in [1.54, 1.807) is 12.1 Å². The van der Waals surface area contributed by atoms with Crippen molar-refractivity contribution in [1.29, 1.82) is 0 Å². The monoisotopic (exact) mass is 390 g/mol. The molecular weight excluding hydrogens is 368 g/mol. The summed E-state index contributed by atoms with van der Waals surface area (Å²) in [5.74, 6) is 1.30. The van der Waals surface area contributed by atoms with Crippen LogP contribution in [0.1, 0.15) is 40.2 Å².